The molecule has 0 saturated heterocycles. The first-order valence-electron chi connectivity index (χ1n) is 5.61. The van der Waals surface area contributed by atoms with E-state index >= 15 is 0 Å². The molecule has 0 heterocycles. The maximum Gasteiger partial charge on any atom is 0.224 e. The van der Waals surface area contributed by atoms with E-state index in [-0.39, 0.29) is 5.91 Å². The summed E-state index contributed by atoms with van der Waals surface area (Å²) in [5.74, 6) is 0.107. The summed E-state index contributed by atoms with van der Waals surface area (Å²) in [6.45, 7) is 6.10. The van der Waals surface area contributed by atoms with Crippen LogP contribution >= 0.6 is 15.9 Å². The van der Waals surface area contributed by atoms with Crippen LogP contribution in [0.15, 0.2) is 16.6 Å². The molecule has 0 bridgehead atoms. The number of benzene rings is 1. The molecule has 3 heteroatoms. The molecule has 1 rings (SSSR count). The third-order valence-electron chi connectivity index (χ3n) is 2.52. The highest BCUT2D eigenvalue weighted by Gasteiger charge is 2.07. The second-order valence-corrected chi connectivity index (χ2v) is 4.98. The fraction of sp³-hybridized carbons (Fsp3) is 0.462. The van der Waals surface area contributed by atoms with Gasteiger partial charge in [0, 0.05) is 16.6 Å². The number of hydrogen-bond acceptors (Lipinski definition) is 1. The Morgan fingerprint density at radius 3 is 2.38 bits per heavy atom. The van der Waals surface area contributed by atoms with Crippen molar-refractivity contribution in [2.24, 2.45) is 0 Å². The zero-order chi connectivity index (χ0) is 12.1. The van der Waals surface area contributed by atoms with Crippen LogP contribution in [0.2, 0.25) is 0 Å². The van der Waals surface area contributed by atoms with E-state index in [0.717, 1.165) is 34.1 Å². The van der Waals surface area contributed by atoms with Gasteiger partial charge in [0.15, 0.2) is 0 Å². The lowest BCUT2D eigenvalue weighted by Gasteiger charge is -2.12. The minimum Gasteiger partial charge on any atom is -0.326 e. The summed E-state index contributed by atoms with van der Waals surface area (Å²) >= 11 is 3.44. The number of hydrogen-bond donors (Lipinski definition) is 1. The average molecular weight is 284 g/mol. The topological polar surface area (TPSA) is 29.1 Å². The third kappa shape index (κ3) is 3.63. The Morgan fingerprint density at radius 2 is 1.88 bits per heavy atom. The standard InChI is InChI=1S/C13H18BrNO/c1-4-5-6-12(16)15-13-9(2)7-11(14)8-10(13)3/h7-8H,4-6H2,1-3H3,(H,15,16). The Morgan fingerprint density at radius 1 is 1.31 bits per heavy atom. The van der Waals surface area contributed by atoms with Gasteiger partial charge in [0.05, 0.1) is 0 Å². The van der Waals surface area contributed by atoms with Gasteiger partial charge in [0.25, 0.3) is 0 Å². The maximum atomic E-state index is 11.6. The normalized spacial score (nSPS) is 10.2. The van der Waals surface area contributed by atoms with Crippen molar-refractivity contribution in [1.82, 2.24) is 0 Å². The lowest BCUT2D eigenvalue weighted by atomic mass is 10.1. The molecule has 0 aliphatic carbocycles. The number of rotatable bonds is 4. The molecule has 1 N–H and O–H groups in total. The monoisotopic (exact) mass is 283 g/mol. The molecule has 1 amide bonds. The SMILES string of the molecule is CCCCC(=O)Nc1c(C)cc(Br)cc1C. The van der Waals surface area contributed by atoms with Crippen LogP contribution in [0, 0.1) is 13.8 Å². The molecule has 0 aromatic heterocycles. The highest BCUT2D eigenvalue weighted by atomic mass is 79.9. The number of anilines is 1. The highest BCUT2D eigenvalue weighted by molar-refractivity contribution is 9.10. The minimum absolute atomic E-state index is 0.107. The van der Waals surface area contributed by atoms with Crippen LogP contribution in [0.5, 0.6) is 0 Å². The number of aryl methyl sites for hydroxylation is 2. The van der Waals surface area contributed by atoms with Gasteiger partial charge in [-0.1, -0.05) is 29.3 Å². The molecule has 1 aromatic rings. The van der Waals surface area contributed by atoms with Crippen LogP contribution < -0.4 is 5.32 Å². The Hall–Kier alpha value is -0.830. The van der Waals surface area contributed by atoms with Gasteiger partial charge in [-0.2, -0.15) is 0 Å². The summed E-state index contributed by atoms with van der Waals surface area (Å²) in [7, 11) is 0. The minimum atomic E-state index is 0.107. The first kappa shape index (κ1) is 13.2. The molecule has 0 spiro atoms. The summed E-state index contributed by atoms with van der Waals surface area (Å²) in [4.78, 5) is 11.6. The van der Waals surface area contributed by atoms with Gasteiger partial charge in [0.2, 0.25) is 5.91 Å². The molecule has 0 aliphatic rings. The van der Waals surface area contributed by atoms with E-state index in [9.17, 15) is 4.79 Å². The van der Waals surface area contributed by atoms with Crippen molar-refractivity contribution in [3.63, 3.8) is 0 Å². The van der Waals surface area contributed by atoms with E-state index in [4.69, 9.17) is 0 Å². The van der Waals surface area contributed by atoms with E-state index in [1.807, 2.05) is 26.0 Å². The fourth-order valence-electron chi connectivity index (χ4n) is 1.65. The van der Waals surface area contributed by atoms with Crippen LogP contribution in [-0.4, -0.2) is 5.91 Å². The molecule has 0 atom stereocenters. The van der Waals surface area contributed by atoms with E-state index in [2.05, 4.69) is 28.2 Å². The van der Waals surface area contributed by atoms with Crippen LogP contribution in [0.25, 0.3) is 0 Å². The number of halogens is 1. The molecule has 0 aliphatic heterocycles. The Kier molecular flexibility index (Phi) is 5.00. The van der Waals surface area contributed by atoms with Gasteiger partial charge < -0.3 is 5.32 Å². The van der Waals surface area contributed by atoms with Gasteiger partial charge in [-0.15, -0.1) is 0 Å². The van der Waals surface area contributed by atoms with Crippen molar-refractivity contribution in [3.8, 4) is 0 Å². The molecule has 0 fully saturated rings. The zero-order valence-electron chi connectivity index (χ0n) is 10.1. The lowest BCUT2D eigenvalue weighted by Crippen LogP contribution is -2.13. The smallest absolute Gasteiger partial charge is 0.224 e. The molecule has 0 radical (unpaired) electrons. The van der Waals surface area contributed by atoms with Gasteiger partial charge in [0.1, 0.15) is 0 Å². The number of nitrogens with one attached hydrogen (secondary N) is 1. The van der Waals surface area contributed by atoms with Crippen molar-refractivity contribution in [2.75, 3.05) is 5.32 Å². The Bertz CT molecular complexity index is 365. The first-order chi connectivity index (χ1) is 7.54. The molecule has 0 saturated carbocycles. The van der Waals surface area contributed by atoms with Crippen molar-refractivity contribution < 1.29 is 4.79 Å². The van der Waals surface area contributed by atoms with Crippen molar-refractivity contribution in [3.05, 3.63) is 27.7 Å². The van der Waals surface area contributed by atoms with Crippen molar-refractivity contribution in [1.29, 1.82) is 0 Å². The predicted molar refractivity (Wildman–Crippen MR) is 71.8 cm³/mol. The van der Waals surface area contributed by atoms with E-state index in [0.29, 0.717) is 6.42 Å². The highest BCUT2D eigenvalue weighted by Crippen LogP contribution is 2.25. The van der Waals surface area contributed by atoms with Crippen molar-refractivity contribution >= 4 is 27.5 Å². The summed E-state index contributed by atoms with van der Waals surface area (Å²) < 4.78 is 1.05. The number of unbranched alkanes of at least 4 members (excludes halogenated alkanes) is 1. The fourth-order valence-corrected chi connectivity index (χ4v) is 2.33. The average Bonchev–Trinajstić information content (AvgIpc) is 2.20. The summed E-state index contributed by atoms with van der Waals surface area (Å²) in [6.07, 6.45) is 2.59. The molecular formula is C13H18BrNO. The van der Waals surface area contributed by atoms with Gasteiger partial charge in [-0.3, -0.25) is 4.79 Å². The Balaban J connectivity index is 2.77. The molecule has 0 unspecified atom stereocenters. The second-order valence-electron chi connectivity index (χ2n) is 4.07. The van der Waals surface area contributed by atoms with Crippen molar-refractivity contribution in [2.45, 2.75) is 40.0 Å². The van der Waals surface area contributed by atoms with Crippen LogP contribution in [-0.2, 0) is 4.79 Å². The van der Waals surface area contributed by atoms with E-state index in [1.165, 1.54) is 0 Å². The first-order valence-corrected chi connectivity index (χ1v) is 6.40. The van der Waals surface area contributed by atoms with Gasteiger partial charge in [-0.05, 0) is 43.5 Å². The summed E-state index contributed by atoms with van der Waals surface area (Å²) in [5.41, 5.74) is 3.14. The third-order valence-corrected chi connectivity index (χ3v) is 2.98. The lowest BCUT2D eigenvalue weighted by molar-refractivity contribution is -0.116. The number of amides is 1. The van der Waals surface area contributed by atoms with Gasteiger partial charge >= 0.3 is 0 Å². The summed E-state index contributed by atoms with van der Waals surface area (Å²) in [5, 5.41) is 2.98. The maximum absolute atomic E-state index is 11.6. The number of carbonyl (C=O) groups is 1. The molecule has 16 heavy (non-hydrogen) atoms. The van der Waals surface area contributed by atoms with E-state index < -0.39 is 0 Å². The van der Waals surface area contributed by atoms with Crippen LogP contribution in [0.3, 0.4) is 0 Å². The zero-order valence-corrected chi connectivity index (χ0v) is 11.6. The molecule has 88 valence electrons. The number of carbonyl (C=O) groups excluding carboxylic acids is 1. The molecular weight excluding hydrogens is 266 g/mol. The largest absolute Gasteiger partial charge is 0.326 e. The predicted octanol–water partition coefficient (Wildman–Crippen LogP) is 4.19. The molecule has 2 nitrogen and oxygen atoms in total. The second kappa shape index (κ2) is 6.04. The van der Waals surface area contributed by atoms with Crippen LogP contribution in [0.1, 0.15) is 37.3 Å². The summed E-state index contributed by atoms with van der Waals surface area (Å²) in [6, 6.07) is 4.03. The van der Waals surface area contributed by atoms with Crippen LogP contribution in [0.4, 0.5) is 5.69 Å². The Labute approximate surface area is 106 Å². The quantitative estimate of drug-likeness (QED) is 0.882. The van der Waals surface area contributed by atoms with Gasteiger partial charge in [-0.25, -0.2) is 0 Å². The molecule has 1 aromatic carbocycles. The van der Waals surface area contributed by atoms with E-state index in [1.54, 1.807) is 0 Å².